The molecule has 4 rings (SSSR count). The van der Waals surface area contributed by atoms with E-state index in [-0.39, 0.29) is 0 Å². The Labute approximate surface area is 144 Å². The molecule has 118 valence electrons. The molecule has 0 amide bonds. The van der Waals surface area contributed by atoms with Crippen molar-refractivity contribution in [1.29, 1.82) is 0 Å². The van der Waals surface area contributed by atoms with E-state index in [4.69, 9.17) is 4.42 Å². The maximum atomic E-state index is 5.76. The minimum absolute atomic E-state index is 0.619. The van der Waals surface area contributed by atoms with Gasteiger partial charge in [-0.1, -0.05) is 84.6 Å². The number of rotatable bonds is 5. The molecule has 0 bridgehead atoms. The fourth-order valence-corrected chi connectivity index (χ4v) is 3.48. The minimum atomic E-state index is 0.619. The highest BCUT2D eigenvalue weighted by Crippen LogP contribution is 2.26. The maximum absolute atomic E-state index is 5.76. The number of hydrogen-bond donors (Lipinski definition) is 0. The van der Waals surface area contributed by atoms with Gasteiger partial charge in [-0.05, 0) is 21.9 Å². The van der Waals surface area contributed by atoms with Crippen LogP contribution in [0.3, 0.4) is 0 Å². The van der Waals surface area contributed by atoms with E-state index >= 15 is 0 Å². The molecule has 0 atom stereocenters. The Hall–Kier alpha value is -2.59. The Morgan fingerprint density at radius 1 is 0.792 bits per heavy atom. The summed E-state index contributed by atoms with van der Waals surface area (Å²) in [4.78, 5) is 0. The van der Waals surface area contributed by atoms with Crippen molar-refractivity contribution in [3.8, 4) is 0 Å². The molecular weight excluding hydrogens is 316 g/mol. The quantitative estimate of drug-likeness (QED) is 0.476. The molecule has 0 aliphatic rings. The van der Waals surface area contributed by atoms with Crippen LogP contribution in [0.15, 0.2) is 82.4 Å². The summed E-state index contributed by atoms with van der Waals surface area (Å²) in [5.41, 5.74) is 2.45. The van der Waals surface area contributed by atoms with E-state index in [0.717, 1.165) is 5.75 Å². The summed E-state index contributed by atoms with van der Waals surface area (Å²) < 4.78 is 5.76. The predicted octanol–water partition coefficient (Wildman–Crippen LogP) is 5.11. The van der Waals surface area contributed by atoms with Gasteiger partial charge in [0.15, 0.2) is 0 Å². The summed E-state index contributed by atoms with van der Waals surface area (Å²) in [5.74, 6) is 1.47. The molecule has 3 aromatic carbocycles. The lowest BCUT2D eigenvalue weighted by molar-refractivity contribution is 0.420. The van der Waals surface area contributed by atoms with Gasteiger partial charge in [0.1, 0.15) is 0 Å². The standard InChI is InChI=1S/C20H16N2OS/c1-2-7-15(8-3-1)13-19-21-22-20(23-19)24-14-17-11-6-10-16-9-4-5-12-18(16)17/h1-12H,13-14H2. The Balaban J connectivity index is 1.46. The zero-order chi connectivity index (χ0) is 16.2. The molecule has 0 aliphatic carbocycles. The van der Waals surface area contributed by atoms with Crippen molar-refractivity contribution in [3.63, 3.8) is 0 Å². The van der Waals surface area contributed by atoms with Gasteiger partial charge in [-0.15, -0.1) is 10.2 Å². The average Bonchev–Trinajstić information content (AvgIpc) is 3.08. The van der Waals surface area contributed by atoms with Crippen LogP contribution in [0, 0.1) is 0 Å². The van der Waals surface area contributed by atoms with E-state index in [1.165, 1.54) is 21.9 Å². The van der Waals surface area contributed by atoms with Crippen LogP contribution in [-0.2, 0) is 12.2 Å². The van der Waals surface area contributed by atoms with E-state index in [0.29, 0.717) is 17.5 Å². The molecule has 0 unspecified atom stereocenters. The third kappa shape index (κ3) is 3.34. The van der Waals surface area contributed by atoms with E-state index in [1.54, 1.807) is 11.8 Å². The molecular formula is C20H16N2OS. The van der Waals surface area contributed by atoms with Crippen LogP contribution < -0.4 is 0 Å². The molecule has 0 fully saturated rings. The van der Waals surface area contributed by atoms with Crippen molar-refractivity contribution in [2.75, 3.05) is 0 Å². The van der Waals surface area contributed by atoms with E-state index in [1.807, 2.05) is 18.2 Å². The maximum Gasteiger partial charge on any atom is 0.276 e. The molecule has 1 heterocycles. The second-order valence-corrected chi connectivity index (χ2v) is 6.48. The first-order valence-electron chi connectivity index (χ1n) is 7.84. The summed E-state index contributed by atoms with van der Waals surface area (Å²) >= 11 is 1.58. The number of fused-ring (bicyclic) bond motifs is 1. The molecule has 0 aliphatic heterocycles. The highest BCUT2D eigenvalue weighted by molar-refractivity contribution is 7.98. The monoisotopic (exact) mass is 332 g/mol. The average molecular weight is 332 g/mol. The fourth-order valence-electron chi connectivity index (χ4n) is 2.70. The SMILES string of the molecule is c1ccc(Cc2nnc(SCc3cccc4ccccc34)o2)cc1. The van der Waals surface area contributed by atoms with Crippen LogP contribution >= 0.6 is 11.8 Å². The number of nitrogens with zero attached hydrogens (tertiary/aromatic N) is 2. The van der Waals surface area contributed by atoms with Crippen molar-refractivity contribution >= 4 is 22.5 Å². The molecule has 4 aromatic rings. The van der Waals surface area contributed by atoms with Crippen LogP contribution in [0.5, 0.6) is 0 Å². The Morgan fingerprint density at radius 3 is 2.50 bits per heavy atom. The van der Waals surface area contributed by atoms with Gasteiger partial charge < -0.3 is 4.42 Å². The fraction of sp³-hybridized carbons (Fsp3) is 0.100. The second-order valence-electron chi connectivity index (χ2n) is 5.55. The van der Waals surface area contributed by atoms with Gasteiger partial charge in [0.25, 0.3) is 5.22 Å². The van der Waals surface area contributed by atoms with Crippen molar-refractivity contribution in [3.05, 3.63) is 89.8 Å². The largest absolute Gasteiger partial charge is 0.416 e. The Bertz CT molecular complexity index is 945. The van der Waals surface area contributed by atoms with Gasteiger partial charge in [-0.2, -0.15) is 0 Å². The van der Waals surface area contributed by atoms with Crippen LogP contribution in [0.4, 0.5) is 0 Å². The molecule has 1 aromatic heterocycles. The van der Waals surface area contributed by atoms with Crippen molar-refractivity contribution in [2.45, 2.75) is 17.4 Å². The number of aromatic nitrogens is 2. The van der Waals surface area contributed by atoms with Gasteiger partial charge in [0.2, 0.25) is 5.89 Å². The normalized spacial score (nSPS) is 11.0. The van der Waals surface area contributed by atoms with Crippen molar-refractivity contribution in [2.24, 2.45) is 0 Å². The van der Waals surface area contributed by atoms with Crippen LogP contribution in [0.25, 0.3) is 10.8 Å². The number of thioether (sulfide) groups is 1. The third-order valence-corrected chi connectivity index (χ3v) is 4.74. The number of hydrogen-bond acceptors (Lipinski definition) is 4. The first-order valence-corrected chi connectivity index (χ1v) is 8.83. The van der Waals surface area contributed by atoms with Crippen LogP contribution in [-0.4, -0.2) is 10.2 Å². The van der Waals surface area contributed by atoms with Gasteiger partial charge in [0.05, 0.1) is 6.42 Å². The first kappa shape index (κ1) is 15.0. The summed E-state index contributed by atoms with van der Waals surface area (Å²) in [5, 5.41) is 11.5. The molecule has 0 saturated heterocycles. The van der Waals surface area contributed by atoms with Crippen LogP contribution in [0.1, 0.15) is 17.0 Å². The van der Waals surface area contributed by atoms with Crippen molar-refractivity contribution in [1.82, 2.24) is 10.2 Å². The summed E-state index contributed by atoms with van der Waals surface area (Å²) in [6.45, 7) is 0. The lowest BCUT2D eigenvalue weighted by Crippen LogP contribution is -1.87. The van der Waals surface area contributed by atoms with Gasteiger partial charge in [-0.3, -0.25) is 0 Å². The summed E-state index contributed by atoms with van der Waals surface area (Å²) in [6.07, 6.45) is 0.669. The van der Waals surface area contributed by atoms with Gasteiger partial charge in [0, 0.05) is 5.75 Å². The smallest absolute Gasteiger partial charge is 0.276 e. The number of benzene rings is 3. The van der Waals surface area contributed by atoms with Crippen LogP contribution in [0.2, 0.25) is 0 Å². The topological polar surface area (TPSA) is 38.9 Å². The van der Waals surface area contributed by atoms with Gasteiger partial charge >= 0.3 is 0 Å². The Kier molecular flexibility index (Phi) is 4.30. The molecule has 0 radical (unpaired) electrons. The molecule has 24 heavy (non-hydrogen) atoms. The van der Waals surface area contributed by atoms with Crippen molar-refractivity contribution < 1.29 is 4.42 Å². The summed E-state index contributed by atoms with van der Waals surface area (Å²) in [7, 11) is 0. The zero-order valence-electron chi connectivity index (χ0n) is 13.1. The summed E-state index contributed by atoms with van der Waals surface area (Å²) in [6, 6.07) is 25.0. The second kappa shape index (κ2) is 6.89. The lowest BCUT2D eigenvalue weighted by atomic mass is 10.1. The molecule has 0 N–H and O–H groups in total. The van der Waals surface area contributed by atoms with E-state index in [9.17, 15) is 0 Å². The molecule has 3 nitrogen and oxygen atoms in total. The highest BCUT2D eigenvalue weighted by Gasteiger charge is 2.09. The molecule has 0 spiro atoms. The van der Waals surface area contributed by atoms with Gasteiger partial charge in [-0.25, -0.2) is 0 Å². The highest BCUT2D eigenvalue weighted by atomic mass is 32.2. The first-order chi connectivity index (χ1) is 11.9. The zero-order valence-corrected chi connectivity index (χ0v) is 13.9. The Morgan fingerprint density at radius 2 is 1.58 bits per heavy atom. The molecule has 4 heteroatoms. The van der Waals surface area contributed by atoms with E-state index in [2.05, 4.69) is 64.8 Å². The van der Waals surface area contributed by atoms with E-state index < -0.39 is 0 Å². The third-order valence-electron chi connectivity index (χ3n) is 3.88. The minimum Gasteiger partial charge on any atom is -0.416 e. The molecule has 0 saturated carbocycles. The lowest BCUT2D eigenvalue weighted by Gasteiger charge is -2.04. The predicted molar refractivity (Wildman–Crippen MR) is 97.1 cm³/mol.